The highest BCUT2D eigenvalue weighted by atomic mass is 32.2. The number of rotatable bonds is 0. The van der Waals surface area contributed by atoms with Gasteiger partial charge in [0.25, 0.3) is 0 Å². The number of thioether (sulfide) groups is 1. The molecule has 0 aromatic heterocycles. The molecule has 2 aliphatic rings. The van der Waals surface area contributed by atoms with E-state index in [-0.39, 0.29) is 4.58 Å². The monoisotopic (exact) mass is 224 g/mol. The standard InChI is InChI=1S/C10H12N2S2/c11-5-8-6-3-1-2-4-7(6)10(13)14-9(8)12/h10,13H,1-4,12H2. The maximum atomic E-state index is 9.03. The highest BCUT2D eigenvalue weighted by Crippen LogP contribution is 2.44. The number of thiol groups is 1. The third-order valence-electron chi connectivity index (χ3n) is 2.71. The highest BCUT2D eigenvalue weighted by molar-refractivity contribution is 8.13. The molecule has 0 radical (unpaired) electrons. The first-order valence-corrected chi connectivity index (χ1v) is 6.10. The highest BCUT2D eigenvalue weighted by Gasteiger charge is 2.28. The van der Waals surface area contributed by atoms with Crippen molar-refractivity contribution in [2.45, 2.75) is 30.3 Å². The van der Waals surface area contributed by atoms with Gasteiger partial charge in [0.15, 0.2) is 0 Å². The lowest BCUT2D eigenvalue weighted by molar-refractivity contribution is 0.676. The molecule has 1 unspecified atom stereocenters. The van der Waals surface area contributed by atoms with Crippen LogP contribution in [0.3, 0.4) is 0 Å². The first-order chi connectivity index (χ1) is 6.74. The van der Waals surface area contributed by atoms with Gasteiger partial charge in [-0.05, 0) is 36.8 Å². The number of nitrogens with two attached hydrogens (primary N) is 1. The molecule has 0 aromatic carbocycles. The summed E-state index contributed by atoms with van der Waals surface area (Å²) in [4.78, 5) is 0. The Morgan fingerprint density at radius 1 is 1.43 bits per heavy atom. The lowest BCUT2D eigenvalue weighted by Gasteiger charge is -2.28. The Balaban J connectivity index is 2.47. The minimum atomic E-state index is 0.169. The van der Waals surface area contributed by atoms with Gasteiger partial charge in [-0.1, -0.05) is 11.8 Å². The summed E-state index contributed by atoms with van der Waals surface area (Å²) >= 11 is 6.00. The van der Waals surface area contributed by atoms with Crippen LogP contribution in [0.5, 0.6) is 0 Å². The summed E-state index contributed by atoms with van der Waals surface area (Å²) in [7, 11) is 0. The van der Waals surface area contributed by atoms with Crippen LogP contribution in [0.4, 0.5) is 0 Å². The quantitative estimate of drug-likeness (QED) is 0.622. The van der Waals surface area contributed by atoms with Gasteiger partial charge < -0.3 is 5.73 Å². The van der Waals surface area contributed by atoms with E-state index in [0.29, 0.717) is 10.6 Å². The molecule has 4 heteroatoms. The predicted molar refractivity (Wildman–Crippen MR) is 62.7 cm³/mol. The second-order valence-electron chi connectivity index (χ2n) is 3.53. The molecular formula is C10H12N2S2. The number of nitrogens with zero attached hydrogens (tertiary/aromatic N) is 1. The van der Waals surface area contributed by atoms with E-state index in [1.807, 2.05) is 0 Å². The van der Waals surface area contributed by atoms with E-state index < -0.39 is 0 Å². The summed E-state index contributed by atoms with van der Waals surface area (Å²) in [6, 6.07) is 2.22. The van der Waals surface area contributed by atoms with Crippen LogP contribution in [0.1, 0.15) is 25.7 Å². The van der Waals surface area contributed by atoms with Crippen molar-refractivity contribution in [3.05, 3.63) is 21.7 Å². The third kappa shape index (κ3) is 1.55. The second-order valence-corrected chi connectivity index (χ2v) is 5.54. The summed E-state index contributed by atoms with van der Waals surface area (Å²) in [6.45, 7) is 0. The van der Waals surface area contributed by atoms with E-state index >= 15 is 0 Å². The molecule has 2 nitrogen and oxygen atoms in total. The first-order valence-electron chi connectivity index (χ1n) is 4.71. The van der Waals surface area contributed by atoms with Gasteiger partial charge in [0.2, 0.25) is 0 Å². The molecule has 0 fully saturated rings. The molecule has 0 bridgehead atoms. The van der Waals surface area contributed by atoms with Crippen molar-refractivity contribution in [3.8, 4) is 6.07 Å². The van der Waals surface area contributed by atoms with Crippen molar-refractivity contribution >= 4 is 24.4 Å². The smallest absolute Gasteiger partial charge is 0.102 e. The molecule has 0 amide bonds. The first kappa shape index (κ1) is 10.0. The molecule has 1 heterocycles. The minimum absolute atomic E-state index is 0.169. The van der Waals surface area contributed by atoms with Gasteiger partial charge in [-0.25, -0.2) is 0 Å². The van der Waals surface area contributed by atoms with Crippen molar-refractivity contribution in [1.82, 2.24) is 0 Å². The summed E-state index contributed by atoms with van der Waals surface area (Å²) < 4.78 is 0.169. The molecule has 0 saturated heterocycles. The van der Waals surface area contributed by atoms with Gasteiger partial charge >= 0.3 is 0 Å². The van der Waals surface area contributed by atoms with Crippen molar-refractivity contribution in [2.24, 2.45) is 5.73 Å². The zero-order chi connectivity index (χ0) is 10.1. The molecule has 14 heavy (non-hydrogen) atoms. The van der Waals surface area contributed by atoms with Gasteiger partial charge in [0.05, 0.1) is 15.2 Å². The minimum Gasteiger partial charge on any atom is -0.392 e. The van der Waals surface area contributed by atoms with Gasteiger partial charge in [0, 0.05) is 0 Å². The Morgan fingerprint density at radius 3 is 2.86 bits per heavy atom. The van der Waals surface area contributed by atoms with Crippen LogP contribution in [0.25, 0.3) is 0 Å². The number of hydrogen-bond donors (Lipinski definition) is 2. The van der Waals surface area contributed by atoms with Crippen molar-refractivity contribution < 1.29 is 0 Å². The summed E-state index contributed by atoms with van der Waals surface area (Å²) in [5.41, 5.74) is 9.03. The van der Waals surface area contributed by atoms with Crippen LogP contribution >= 0.6 is 24.4 Å². The van der Waals surface area contributed by atoms with Crippen LogP contribution in [-0.4, -0.2) is 4.58 Å². The van der Waals surface area contributed by atoms with Gasteiger partial charge in [-0.3, -0.25) is 0 Å². The molecule has 74 valence electrons. The van der Waals surface area contributed by atoms with Crippen LogP contribution in [0.2, 0.25) is 0 Å². The van der Waals surface area contributed by atoms with Gasteiger partial charge in [0.1, 0.15) is 6.07 Å². The molecule has 0 saturated carbocycles. The van der Waals surface area contributed by atoms with Crippen molar-refractivity contribution in [2.75, 3.05) is 0 Å². The van der Waals surface area contributed by atoms with E-state index in [1.54, 1.807) is 0 Å². The topological polar surface area (TPSA) is 49.8 Å². The van der Waals surface area contributed by atoms with E-state index in [0.717, 1.165) is 12.8 Å². The Hall–Kier alpha value is -0.530. The SMILES string of the molecule is N#CC1=C(N)SC(S)C2=C1CCCC2. The van der Waals surface area contributed by atoms with E-state index in [1.165, 1.54) is 35.7 Å². The van der Waals surface area contributed by atoms with Crippen LogP contribution in [-0.2, 0) is 0 Å². The molecule has 1 aliphatic carbocycles. The van der Waals surface area contributed by atoms with E-state index in [2.05, 4.69) is 18.7 Å². The largest absolute Gasteiger partial charge is 0.392 e. The maximum absolute atomic E-state index is 9.03. The van der Waals surface area contributed by atoms with Crippen LogP contribution in [0, 0.1) is 11.3 Å². The van der Waals surface area contributed by atoms with Gasteiger partial charge in [-0.15, -0.1) is 0 Å². The predicted octanol–water partition coefficient (Wildman–Crippen LogP) is 2.55. The van der Waals surface area contributed by atoms with Crippen molar-refractivity contribution in [3.63, 3.8) is 0 Å². The summed E-state index contributed by atoms with van der Waals surface area (Å²) in [5.74, 6) is 0. The molecular weight excluding hydrogens is 212 g/mol. The average molecular weight is 224 g/mol. The number of hydrogen-bond acceptors (Lipinski definition) is 4. The average Bonchev–Trinajstić information content (AvgIpc) is 2.18. The summed E-state index contributed by atoms with van der Waals surface area (Å²) in [5, 5.41) is 9.67. The van der Waals surface area contributed by atoms with Gasteiger partial charge in [-0.2, -0.15) is 17.9 Å². The van der Waals surface area contributed by atoms with E-state index in [9.17, 15) is 0 Å². The van der Waals surface area contributed by atoms with Crippen LogP contribution in [0.15, 0.2) is 21.7 Å². The lowest BCUT2D eigenvalue weighted by atomic mass is 9.88. The Kier molecular flexibility index (Phi) is 2.80. The summed E-state index contributed by atoms with van der Waals surface area (Å²) in [6.07, 6.45) is 4.46. The fourth-order valence-corrected chi connectivity index (χ4v) is 3.56. The molecule has 0 aromatic rings. The molecule has 0 spiro atoms. The molecule has 1 aliphatic heterocycles. The zero-order valence-electron chi connectivity index (χ0n) is 7.79. The normalized spacial score (nSPS) is 27.3. The third-order valence-corrected chi connectivity index (χ3v) is 4.30. The Morgan fingerprint density at radius 2 is 2.14 bits per heavy atom. The fraction of sp³-hybridized carbons (Fsp3) is 0.500. The zero-order valence-corrected chi connectivity index (χ0v) is 9.50. The van der Waals surface area contributed by atoms with E-state index in [4.69, 9.17) is 11.0 Å². The fourth-order valence-electron chi connectivity index (χ4n) is 2.01. The second kappa shape index (κ2) is 3.92. The molecule has 1 atom stereocenters. The molecule has 2 N–H and O–H groups in total. The van der Waals surface area contributed by atoms with Crippen molar-refractivity contribution in [1.29, 1.82) is 5.26 Å². The number of nitriles is 1. The molecule has 2 rings (SSSR count). The Bertz CT molecular complexity index is 363. The Labute approximate surface area is 93.6 Å². The van der Waals surface area contributed by atoms with Crippen LogP contribution < -0.4 is 5.73 Å². The number of allylic oxidation sites excluding steroid dienone is 2. The maximum Gasteiger partial charge on any atom is 0.102 e. The lowest BCUT2D eigenvalue weighted by Crippen LogP contribution is -2.17.